The molecule has 6 nitrogen and oxygen atoms in total. The molecule has 0 fully saturated rings. The Labute approximate surface area is 174 Å². The van der Waals surface area contributed by atoms with Gasteiger partial charge in [0.1, 0.15) is 24.7 Å². The van der Waals surface area contributed by atoms with Gasteiger partial charge in [0, 0.05) is 24.8 Å². The summed E-state index contributed by atoms with van der Waals surface area (Å²) in [6.45, 7) is 0.998. The van der Waals surface area contributed by atoms with Gasteiger partial charge < -0.3 is 9.47 Å². The number of hydrogen-bond acceptors (Lipinski definition) is 6. The number of nitrogens with zero attached hydrogens (tertiary/aromatic N) is 4. The fourth-order valence-corrected chi connectivity index (χ4v) is 2.62. The number of hydrogen-bond donors (Lipinski definition) is 0. The lowest BCUT2D eigenvalue weighted by Crippen LogP contribution is -1.94. The van der Waals surface area contributed by atoms with Gasteiger partial charge in [0.2, 0.25) is 0 Å². The number of benzene rings is 2. The van der Waals surface area contributed by atoms with Crippen molar-refractivity contribution in [1.29, 1.82) is 0 Å². The van der Waals surface area contributed by atoms with E-state index in [4.69, 9.17) is 9.47 Å². The fourth-order valence-electron chi connectivity index (χ4n) is 2.62. The smallest absolute Gasteiger partial charge is 0.119 e. The van der Waals surface area contributed by atoms with Crippen molar-refractivity contribution in [3.05, 3.63) is 109 Å². The molecule has 0 N–H and O–H groups in total. The van der Waals surface area contributed by atoms with Crippen LogP contribution in [0, 0.1) is 0 Å². The third-order valence-electron chi connectivity index (χ3n) is 4.26. The maximum Gasteiger partial charge on any atom is 0.119 e. The van der Waals surface area contributed by atoms with Gasteiger partial charge >= 0.3 is 0 Å². The van der Waals surface area contributed by atoms with Gasteiger partial charge in [-0.1, -0.05) is 0 Å². The van der Waals surface area contributed by atoms with Crippen molar-refractivity contribution < 1.29 is 9.47 Å². The van der Waals surface area contributed by atoms with E-state index in [0.717, 1.165) is 34.0 Å². The molecule has 0 radical (unpaired) electrons. The first-order valence-electron chi connectivity index (χ1n) is 9.50. The molecule has 4 rings (SSSR count). The molecule has 148 valence electrons. The van der Waals surface area contributed by atoms with Gasteiger partial charge in [-0.2, -0.15) is 10.2 Å². The molecule has 2 heterocycles. The molecule has 2 aromatic heterocycles. The van der Waals surface area contributed by atoms with Gasteiger partial charge in [0.25, 0.3) is 0 Å². The zero-order valence-electron chi connectivity index (χ0n) is 16.3. The second-order valence-electron chi connectivity index (χ2n) is 6.48. The van der Waals surface area contributed by atoms with Crippen molar-refractivity contribution in [3.63, 3.8) is 0 Å². The monoisotopic (exact) mass is 396 g/mol. The molecule has 2 aromatic carbocycles. The molecule has 0 aliphatic rings. The highest BCUT2D eigenvalue weighted by Crippen LogP contribution is 2.23. The molecule has 0 saturated heterocycles. The van der Waals surface area contributed by atoms with E-state index in [-0.39, 0.29) is 0 Å². The average Bonchev–Trinajstić information content (AvgIpc) is 2.83. The van der Waals surface area contributed by atoms with E-state index in [9.17, 15) is 0 Å². The lowest BCUT2D eigenvalue weighted by Gasteiger charge is -2.06. The van der Waals surface area contributed by atoms with Gasteiger partial charge in [0.15, 0.2) is 0 Å². The molecule has 6 heteroatoms. The first-order valence-corrected chi connectivity index (χ1v) is 9.50. The molecule has 0 spiro atoms. The lowest BCUT2D eigenvalue weighted by molar-refractivity contribution is 0.306. The summed E-state index contributed by atoms with van der Waals surface area (Å²) < 4.78 is 11.5. The van der Waals surface area contributed by atoms with Gasteiger partial charge in [-0.05, 0) is 83.9 Å². The van der Waals surface area contributed by atoms with Crippen LogP contribution in [0.25, 0.3) is 0 Å². The number of aromatic nitrogens is 2. The molecule has 0 atom stereocenters. The summed E-state index contributed by atoms with van der Waals surface area (Å²) >= 11 is 0. The maximum atomic E-state index is 5.76. The highest BCUT2D eigenvalue weighted by Gasteiger charge is 1.99. The topological polar surface area (TPSA) is 69.0 Å². The van der Waals surface area contributed by atoms with Crippen LogP contribution in [0.15, 0.2) is 108 Å². The van der Waals surface area contributed by atoms with Crippen LogP contribution in [0.2, 0.25) is 0 Å². The van der Waals surface area contributed by atoms with Gasteiger partial charge in [-0.15, -0.1) is 0 Å². The normalized spacial score (nSPS) is 10.8. The van der Waals surface area contributed by atoms with Crippen LogP contribution in [0.5, 0.6) is 11.5 Å². The van der Waals surface area contributed by atoms with E-state index in [1.54, 1.807) is 24.8 Å². The Hall–Kier alpha value is -4.06. The van der Waals surface area contributed by atoms with Crippen LogP contribution in [-0.4, -0.2) is 9.97 Å². The average molecular weight is 396 g/mol. The molecule has 0 amide bonds. The van der Waals surface area contributed by atoms with E-state index in [0.29, 0.717) is 13.2 Å². The van der Waals surface area contributed by atoms with E-state index < -0.39 is 0 Å². The molecule has 0 unspecified atom stereocenters. The third-order valence-corrected chi connectivity index (χ3v) is 4.26. The van der Waals surface area contributed by atoms with Gasteiger partial charge in [-0.25, -0.2) is 0 Å². The SMILES string of the molecule is c1cc(COc2ccc(N=Nc3ccc(OCc4ccncc4)cc3)cc2)ccn1. The molecule has 30 heavy (non-hydrogen) atoms. The largest absolute Gasteiger partial charge is 0.489 e. The van der Waals surface area contributed by atoms with Crippen molar-refractivity contribution in [1.82, 2.24) is 9.97 Å². The van der Waals surface area contributed by atoms with Crippen molar-refractivity contribution in [2.75, 3.05) is 0 Å². The summed E-state index contributed by atoms with van der Waals surface area (Å²) in [5.74, 6) is 1.56. The van der Waals surface area contributed by atoms with Crippen LogP contribution in [0.3, 0.4) is 0 Å². The molecular formula is C24H20N4O2. The number of azo groups is 1. The van der Waals surface area contributed by atoms with Gasteiger partial charge in [0.05, 0.1) is 11.4 Å². The van der Waals surface area contributed by atoms with E-state index in [1.165, 1.54) is 0 Å². The Morgan fingerprint density at radius 3 is 1.23 bits per heavy atom. The molecule has 0 bridgehead atoms. The van der Waals surface area contributed by atoms with Gasteiger partial charge in [-0.3, -0.25) is 9.97 Å². The van der Waals surface area contributed by atoms with Crippen LogP contribution in [-0.2, 0) is 13.2 Å². The highest BCUT2D eigenvalue weighted by atomic mass is 16.5. The molecule has 0 aliphatic carbocycles. The molecule has 0 aliphatic heterocycles. The minimum absolute atomic E-state index is 0.499. The van der Waals surface area contributed by atoms with Crippen molar-refractivity contribution >= 4 is 11.4 Å². The van der Waals surface area contributed by atoms with Crippen LogP contribution < -0.4 is 9.47 Å². The first-order chi connectivity index (χ1) is 14.8. The zero-order chi connectivity index (χ0) is 20.4. The van der Waals surface area contributed by atoms with E-state index >= 15 is 0 Å². The van der Waals surface area contributed by atoms with E-state index in [1.807, 2.05) is 72.8 Å². The summed E-state index contributed by atoms with van der Waals surface area (Å²) in [6.07, 6.45) is 7.01. The van der Waals surface area contributed by atoms with Crippen LogP contribution >= 0.6 is 0 Å². The molecule has 4 aromatic rings. The molecular weight excluding hydrogens is 376 g/mol. The summed E-state index contributed by atoms with van der Waals surface area (Å²) in [7, 11) is 0. The predicted octanol–water partition coefficient (Wildman–Crippen LogP) is 6.05. The van der Waals surface area contributed by atoms with Crippen molar-refractivity contribution in [2.45, 2.75) is 13.2 Å². The quantitative estimate of drug-likeness (QED) is 0.340. The summed E-state index contributed by atoms with van der Waals surface area (Å²) in [5, 5.41) is 8.55. The Bertz CT molecular complexity index is 979. The van der Waals surface area contributed by atoms with Crippen LogP contribution in [0.4, 0.5) is 11.4 Å². The summed E-state index contributed by atoms with van der Waals surface area (Å²) in [4.78, 5) is 7.99. The Morgan fingerprint density at radius 2 is 0.867 bits per heavy atom. The Kier molecular flexibility index (Phi) is 6.38. The molecule has 0 saturated carbocycles. The zero-order valence-corrected chi connectivity index (χ0v) is 16.3. The summed E-state index contributed by atoms with van der Waals surface area (Å²) in [6, 6.07) is 22.7. The minimum Gasteiger partial charge on any atom is -0.489 e. The number of rotatable bonds is 8. The standard InChI is InChI=1S/C24H20N4O2/c1-5-23(29-17-19-9-13-25-14-10-19)6-2-21(1)27-28-22-3-7-24(8-4-22)30-18-20-11-15-26-16-12-20/h1-16H,17-18H2. The lowest BCUT2D eigenvalue weighted by atomic mass is 10.3. The van der Waals surface area contributed by atoms with Crippen molar-refractivity contribution in [3.8, 4) is 11.5 Å². The predicted molar refractivity (Wildman–Crippen MR) is 114 cm³/mol. The van der Waals surface area contributed by atoms with Crippen molar-refractivity contribution in [2.24, 2.45) is 10.2 Å². The third kappa shape index (κ3) is 5.72. The number of ether oxygens (including phenoxy) is 2. The van der Waals surface area contributed by atoms with Crippen LogP contribution in [0.1, 0.15) is 11.1 Å². The second-order valence-corrected chi connectivity index (χ2v) is 6.48. The minimum atomic E-state index is 0.499. The Morgan fingerprint density at radius 1 is 0.500 bits per heavy atom. The second kappa shape index (κ2) is 9.93. The number of pyridine rings is 2. The maximum absolute atomic E-state index is 5.76. The summed E-state index contributed by atoms with van der Waals surface area (Å²) in [5.41, 5.74) is 3.65. The Balaban J connectivity index is 1.28. The first kappa shape index (κ1) is 19.3. The highest BCUT2D eigenvalue weighted by molar-refractivity contribution is 5.44. The fraction of sp³-hybridized carbons (Fsp3) is 0.0833. The van der Waals surface area contributed by atoms with E-state index in [2.05, 4.69) is 20.2 Å².